The van der Waals surface area contributed by atoms with Gasteiger partial charge in [-0.2, -0.15) is 0 Å². The van der Waals surface area contributed by atoms with Crippen LogP contribution < -0.4 is 15.4 Å². The minimum Gasteiger partial charge on any atom is -0.491 e. The standard InChI is InChI=1S/C22H23FN4O2/c1-15(2)29-18-9-7-17(8-10-18)26-22-25-14-12-20(27-22)21(28)24-13-11-16-5-3-4-6-19(16)23/h3-10,12,14-15H,11,13H2,1-2H3,(H,24,28)(H,25,26,27). The first-order valence-corrected chi connectivity index (χ1v) is 9.39. The first-order chi connectivity index (χ1) is 14.0. The Kier molecular flexibility index (Phi) is 6.73. The summed E-state index contributed by atoms with van der Waals surface area (Å²) in [5.74, 6) is 0.464. The molecule has 0 fully saturated rings. The van der Waals surface area contributed by atoms with Crippen LogP contribution >= 0.6 is 0 Å². The van der Waals surface area contributed by atoms with Crippen molar-refractivity contribution in [2.75, 3.05) is 11.9 Å². The van der Waals surface area contributed by atoms with Crippen LogP contribution in [0.2, 0.25) is 0 Å². The maximum Gasteiger partial charge on any atom is 0.270 e. The zero-order chi connectivity index (χ0) is 20.6. The minimum atomic E-state index is -0.340. The smallest absolute Gasteiger partial charge is 0.270 e. The van der Waals surface area contributed by atoms with Gasteiger partial charge >= 0.3 is 0 Å². The van der Waals surface area contributed by atoms with Crippen molar-refractivity contribution in [1.29, 1.82) is 0 Å². The molecule has 2 N–H and O–H groups in total. The van der Waals surface area contributed by atoms with E-state index in [2.05, 4.69) is 20.6 Å². The molecule has 0 spiro atoms. The zero-order valence-electron chi connectivity index (χ0n) is 16.4. The summed E-state index contributed by atoms with van der Waals surface area (Å²) in [4.78, 5) is 20.7. The van der Waals surface area contributed by atoms with Gasteiger partial charge in [0.15, 0.2) is 0 Å². The highest BCUT2D eigenvalue weighted by atomic mass is 19.1. The lowest BCUT2D eigenvalue weighted by molar-refractivity contribution is 0.0949. The molecule has 1 heterocycles. The topological polar surface area (TPSA) is 76.1 Å². The van der Waals surface area contributed by atoms with Gasteiger partial charge in [0, 0.05) is 18.4 Å². The van der Waals surface area contributed by atoms with Crippen LogP contribution in [-0.2, 0) is 6.42 Å². The molecule has 6 nitrogen and oxygen atoms in total. The van der Waals surface area contributed by atoms with E-state index in [1.807, 2.05) is 38.1 Å². The molecular weight excluding hydrogens is 371 g/mol. The van der Waals surface area contributed by atoms with Gasteiger partial charge in [-0.1, -0.05) is 18.2 Å². The van der Waals surface area contributed by atoms with E-state index < -0.39 is 0 Å². The third kappa shape index (κ3) is 6.00. The third-order valence-corrected chi connectivity index (χ3v) is 4.01. The fourth-order valence-electron chi connectivity index (χ4n) is 2.67. The summed E-state index contributed by atoms with van der Waals surface area (Å²) in [6, 6.07) is 15.4. The van der Waals surface area contributed by atoms with Gasteiger partial charge in [-0.25, -0.2) is 14.4 Å². The normalized spacial score (nSPS) is 10.6. The Morgan fingerprint density at radius 3 is 2.59 bits per heavy atom. The first kappa shape index (κ1) is 20.3. The van der Waals surface area contributed by atoms with Crippen molar-refractivity contribution in [3.8, 4) is 5.75 Å². The van der Waals surface area contributed by atoms with Crippen LogP contribution in [-0.4, -0.2) is 28.5 Å². The number of aromatic nitrogens is 2. The molecule has 0 atom stereocenters. The van der Waals surface area contributed by atoms with Crippen molar-refractivity contribution in [2.24, 2.45) is 0 Å². The molecule has 0 radical (unpaired) electrons. The van der Waals surface area contributed by atoms with Crippen LogP contribution in [0.4, 0.5) is 16.0 Å². The molecule has 29 heavy (non-hydrogen) atoms. The fraction of sp³-hybridized carbons (Fsp3) is 0.227. The van der Waals surface area contributed by atoms with Gasteiger partial charge in [0.25, 0.3) is 5.91 Å². The first-order valence-electron chi connectivity index (χ1n) is 9.39. The van der Waals surface area contributed by atoms with E-state index in [0.29, 0.717) is 24.5 Å². The van der Waals surface area contributed by atoms with Crippen LogP contribution in [0.15, 0.2) is 60.8 Å². The van der Waals surface area contributed by atoms with Gasteiger partial charge in [-0.15, -0.1) is 0 Å². The number of benzene rings is 2. The number of anilines is 2. The molecule has 0 saturated heterocycles. The number of nitrogens with one attached hydrogen (secondary N) is 2. The van der Waals surface area contributed by atoms with Gasteiger partial charge in [0.05, 0.1) is 6.10 Å². The van der Waals surface area contributed by atoms with Crippen LogP contribution in [0, 0.1) is 5.82 Å². The van der Waals surface area contributed by atoms with Gasteiger partial charge in [-0.3, -0.25) is 4.79 Å². The Labute approximate surface area is 169 Å². The molecule has 3 rings (SSSR count). The predicted molar refractivity (Wildman–Crippen MR) is 110 cm³/mol. The summed E-state index contributed by atoms with van der Waals surface area (Å²) < 4.78 is 19.2. The second-order valence-electron chi connectivity index (χ2n) is 6.68. The van der Waals surface area contributed by atoms with E-state index in [-0.39, 0.29) is 23.5 Å². The van der Waals surface area contributed by atoms with E-state index in [1.165, 1.54) is 18.3 Å². The number of carbonyl (C=O) groups is 1. The molecule has 0 aliphatic rings. The maximum atomic E-state index is 13.6. The second-order valence-corrected chi connectivity index (χ2v) is 6.68. The van der Waals surface area contributed by atoms with Gasteiger partial charge < -0.3 is 15.4 Å². The number of rotatable bonds is 8. The van der Waals surface area contributed by atoms with Crippen LogP contribution in [0.3, 0.4) is 0 Å². The van der Waals surface area contributed by atoms with Crippen molar-refractivity contribution in [1.82, 2.24) is 15.3 Å². The molecule has 150 valence electrons. The number of nitrogens with zero attached hydrogens (tertiary/aromatic N) is 2. The third-order valence-electron chi connectivity index (χ3n) is 4.01. The van der Waals surface area contributed by atoms with Crippen molar-refractivity contribution in [3.63, 3.8) is 0 Å². The molecule has 7 heteroatoms. The predicted octanol–water partition coefficient (Wildman–Crippen LogP) is 4.12. The quantitative estimate of drug-likeness (QED) is 0.601. The molecule has 1 amide bonds. The summed E-state index contributed by atoms with van der Waals surface area (Å²) in [6.45, 7) is 4.24. The lowest BCUT2D eigenvalue weighted by Gasteiger charge is -2.11. The summed E-state index contributed by atoms with van der Waals surface area (Å²) in [5, 5.41) is 5.81. The highest BCUT2D eigenvalue weighted by Crippen LogP contribution is 2.19. The molecule has 0 saturated carbocycles. The number of carbonyl (C=O) groups excluding carboxylic acids is 1. The fourth-order valence-corrected chi connectivity index (χ4v) is 2.67. The van der Waals surface area contributed by atoms with E-state index in [1.54, 1.807) is 18.2 Å². The molecule has 0 aliphatic heterocycles. The van der Waals surface area contributed by atoms with Crippen molar-refractivity contribution in [2.45, 2.75) is 26.4 Å². The monoisotopic (exact) mass is 394 g/mol. The average Bonchev–Trinajstić information content (AvgIpc) is 2.71. The highest BCUT2D eigenvalue weighted by Gasteiger charge is 2.09. The molecule has 0 aliphatic carbocycles. The van der Waals surface area contributed by atoms with Gasteiger partial charge in [-0.05, 0) is 62.2 Å². The number of amides is 1. The molecular formula is C22H23FN4O2. The molecule has 0 bridgehead atoms. The van der Waals surface area contributed by atoms with E-state index in [9.17, 15) is 9.18 Å². The number of ether oxygens (including phenoxy) is 1. The Morgan fingerprint density at radius 1 is 1.10 bits per heavy atom. The Morgan fingerprint density at radius 2 is 1.86 bits per heavy atom. The summed E-state index contributed by atoms with van der Waals surface area (Å²) >= 11 is 0. The summed E-state index contributed by atoms with van der Waals surface area (Å²) in [5.41, 5.74) is 1.57. The summed E-state index contributed by atoms with van der Waals surface area (Å²) in [7, 11) is 0. The van der Waals surface area contributed by atoms with Gasteiger partial charge in [0.1, 0.15) is 17.3 Å². The molecule has 1 aromatic heterocycles. The van der Waals surface area contributed by atoms with Gasteiger partial charge in [0.2, 0.25) is 5.95 Å². The van der Waals surface area contributed by atoms with Crippen molar-refractivity contribution < 1.29 is 13.9 Å². The van der Waals surface area contributed by atoms with Crippen LogP contribution in [0.25, 0.3) is 0 Å². The van der Waals surface area contributed by atoms with E-state index >= 15 is 0 Å². The van der Waals surface area contributed by atoms with Crippen LogP contribution in [0.5, 0.6) is 5.75 Å². The molecule has 3 aromatic rings. The molecule has 2 aromatic carbocycles. The lowest BCUT2D eigenvalue weighted by atomic mass is 10.1. The Balaban J connectivity index is 1.57. The lowest BCUT2D eigenvalue weighted by Crippen LogP contribution is -2.27. The minimum absolute atomic E-state index is 0.103. The molecule has 0 unspecified atom stereocenters. The zero-order valence-corrected chi connectivity index (χ0v) is 16.4. The van der Waals surface area contributed by atoms with E-state index in [0.717, 1.165) is 11.4 Å². The Bertz CT molecular complexity index is 961. The Hall–Kier alpha value is -3.48. The van der Waals surface area contributed by atoms with E-state index in [4.69, 9.17) is 4.74 Å². The van der Waals surface area contributed by atoms with Crippen LogP contribution in [0.1, 0.15) is 29.9 Å². The number of hydrogen-bond donors (Lipinski definition) is 2. The maximum absolute atomic E-state index is 13.6. The SMILES string of the molecule is CC(C)Oc1ccc(Nc2nccc(C(=O)NCCc3ccccc3F)n2)cc1. The second kappa shape index (κ2) is 9.64. The van der Waals surface area contributed by atoms with Crippen molar-refractivity contribution in [3.05, 3.63) is 77.9 Å². The van der Waals surface area contributed by atoms with Crippen molar-refractivity contribution >= 4 is 17.5 Å². The average molecular weight is 394 g/mol. The highest BCUT2D eigenvalue weighted by molar-refractivity contribution is 5.92. The largest absolute Gasteiger partial charge is 0.491 e. The number of halogens is 1. The summed E-state index contributed by atoms with van der Waals surface area (Å²) in [6.07, 6.45) is 2.02. The number of hydrogen-bond acceptors (Lipinski definition) is 5.